The van der Waals surface area contributed by atoms with Crippen molar-refractivity contribution in [1.82, 2.24) is 13.9 Å². The highest BCUT2D eigenvalue weighted by atomic mass is 32.2. The van der Waals surface area contributed by atoms with Crippen LogP contribution < -0.4 is 5.32 Å². The molecule has 0 aromatic carbocycles. The minimum absolute atomic E-state index is 0.481. The molecule has 0 spiro atoms. The van der Waals surface area contributed by atoms with E-state index >= 15 is 0 Å². The maximum atomic E-state index is 12.1. The minimum atomic E-state index is -3.33. The van der Waals surface area contributed by atoms with E-state index in [1.165, 1.54) is 8.61 Å². The third kappa shape index (κ3) is 7.84. The quantitative estimate of drug-likeness (QED) is 0.533. The van der Waals surface area contributed by atoms with Gasteiger partial charge in [0.15, 0.2) is 0 Å². The number of nitrogens with one attached hydrogen (secondary N) is 1. The third-order valence-corrected chi connectivity index (χ3v) is 4.80. The molecule has 0 aliphatic heterocycles. The molecular weight excluding hydrogens is 266 g/mol. The second kappa shape index (κ2) is 10.6. The van der Waals surface area contributed by atoms with Gasteiger partial charge in [0.05, 0.1) is 0 Å². The molecule has 0 aliphatic rings. The summed E-state index contributed by atoms with van der Waals surface area (Å²) in [6, 6.07) is 0. The monoisotopic (exact) mass is 295 g/mol. The molecule has 0 radical (unpaired) electrons. The summed E-state index contributed by atoms with van der Waals surface area (Å²) < 4.78 is 32.0. The topological polar surface area (TPSA) is 61.9 Å². The summed E-state index contributed by atoms with van der Waals surface area (Å²) in [7, 11) is 1.52. The Morgan fingerprint density at radius 2 is 1.63 bits per heavy atom. The van der Waals surface area contributed by atoms with Crippen LogP contribution in [0, 0.1) is 0 Å². The summed E-state index contributed by atoms with van der Waals surface area (Å²) in [6.45, 7) is 5.53. The van der Waals surface area contributed by atoms with Crippen molar-refractivity contribution in [3.63, 3.8) is 0 Å². The van der Waals surface area contributed by atoms with E-state index in [9.17, 15) is 8.42 Å². The highest BCUT2D eigenvalue weighted by Gasteiger charge is 2.22. The highest BCUT2D eigenvalue weighted by Crippen LogP contribution is 2.05. The Hall–Kier alpha value is -0.210. The summed E-state index contributed by atoms with van der Waals surface area (Å²) >= 11 is 0. The second-order valence-corrected chi connectivity index (χ2v) is 6.74. The first-order valence-corrected chi connectivity index (χ1v) is 8.23. The molecule has 0 rings (SSSR count). The Kier molecular flexibility index (Phi) is 10.4. The van der Waals surface area contributed by atoms with Crippen molar-refractivity contribution in [2.24, 2.45) is 0 Å². The van der Waals surface area contributed by atoms with Crippen LogP contribution in [0.15, 0.2) is 0 Å². The van der Waals surface area contributed by atoms with Crippen LogP contribution in [0.5, 0.6) is 0 Å². The van der Waals surface area contributed by atoms with Gasteiger partial charge in [-0.2, -0.15) is 17.0 Å². The largest absolute Gasteiger partial charge is 0.385 e. The smallest absolute Gasteiger partial charge is 0.281 e. The number of hydrogen-bond acceptors (Lipinski definition) is 4. The van der Waals surface area contributed by atoms with Gasteiger partial charge in [-0.3, -0.25) is 0 Å². The number of methoxy groups -OCH3 is 1. The van der Waals surface area contributed by atoms with Gasteiger partial charge in [0.25, 0.3) is 10.2 Å². The summed E-state index contributed by atoms with van der Waals surface area (Å²) in [5.41, 5.74) is 0. The van der Waals surface area contributed by atoms with E-state index in [0.29, 0.717) is 26.1 Å². The molecule has 0 atom stereocenters. The Morgan fingerprint density at radius 1 is 1.05 bits per heavy atom. The second-order valence-electron chi connectivity index (χ2n) is 4.60. The molecule has 0 aromatic rings. The Labute approximate surface area is 118 Å². The van der Waals surface area contributed by atoms with Crippen molar-refractivity contribution in [3.8, 4) is 0 Å². The molecule has 116 valence electrons. The first-order chi connectivity index (χ1) is 8.96. The molecule has 0 unspecified atom stereocenters. The van der Waals surface area contributed by atoms with Gasteiger partial charge in [-0.05, 0) is 32.4 Å². The van der Waals surface area contributed by atoms with Crippen molar-refractivity contribution >= 4 is 10.2 Å². The van der Waals surface area contributed by atoms with Crippen LogP contribution in [-0.4, -0.2) is 71.0 Å². The lowest BCUT2D eigenvalue weighted by Crippen LogP contribution is -2.41. The molecule has 0 saturated heterocycles. The number of nitrogens with zero attached hydrogens (tertiary/aromatic N) is 2. The van der Waals surface area contributed by atoms with Crippen molar-refractivity contribution < 1.29 is 13.2 Å². The van der Waals surface area contributed by atoms with Crippen LogP contribution in [0.2, 0.25) is 0 Å². The molecule has 6 nitrogen and oxygen atoms in total. The van der Waals surface area contributed by atoms with Crippen molar-refractivity contribution in [1.29, 1.82) is 0 Å². The van der Waals surface area contributed by atoms with Gasteiger partial charge >= 0.3 is 0 Å². The van der Waals surface area contributed by atoms with Crippen LogP contribution >= 0.6 is 0 Å². The Balaban J connectivity index is 4.01. The Bertz CT molecular complexity index is 309. The molecule has 1 N–H and O–H groups in total. The molecule has 0 saturated carbocycles. The molecule has 0 heterocycles. The zero-order valence-electron chi connectivity index (χ0n) is 12.7. The van der Waals surface area contributed by atoms with E-state index in [-0.39, 0.29) is 0 Å². The molecular formula is C12H29N3O3S. The molecule has 0 amide bonds. The normalized spacial score (nSPS) is 12.5. The summed E-state index contributed by atoms with van der Waals surface area (Å²) in [5, 5.41) is 3.26. The molecule has 19 heavy (non-hydrogen) atoms. The minimum Gasteiger partial charge on any atom is -0.385 e. The average Bonchev–Trinajstić information content (AvgIpc) is 2.38. The van der Waals surface area contributed by atoms with Crippen LogP contribution in [0.3, 0.4) is 0 Å². The van der Waals surface area contributed by atoms with E-state index < -0.39 is 10.2 Å². The van der Waals surface area contributed by atoms with Crippen molar-refractivity contribution in [2.45, 2.75) is 26.2 Å². The Morgan fingerprint density at radius 3 is 2.16 bits per heavy atom. The summed E-state index contributed by atoms with van der Waals surface area (Å²) in [5.74, 6) is 0. The van der Waals surface area contributed by atoms with Crippen LogP contribution in [0.4, 0.5) is 0 Å². The van der Waals surface area contributed by atoms with Crippen molar-refractivity contribution in [2.75, 3.05) is 54.0 Å². The van der Waals surface area contributed by atoms with Crippen LogP contribution in [-0.2, 0) is 14.9 Å². The van der Waals surface area contributed by atoms with E-state index in [0.717, 1.165) is 25.9 Å². The van der Waals surface area contributed by atoms with Gasteiger partial charge in [0, 0.05) is 40.9 Å². The molecule has 0 aromatic heterocycles. The first kappa shape index (κ1) is 18.8. The zero-order valence-corrected chi connectivity index (χ0v) is 13.5. The maximum Gasteiger partial charge on any atom is 0.281 e. The number of hydrogen-bond donors (Lipinski definition) is 1. The fourth-order valence-corrected chi connectivity index (χ4v) is 2.82. The van der Waals surface area contributed by atoms with Crippen LogP contribution in [0.25, 0.3) is 0 Å². The van der Waals surface area contributed by atoms with Gasteiger partial charge in [-0.25, -0.2) is 0 Å². The molecule has 7 heteroatoms. The van der Waals surface area contributed by atoms with Gasteiger partial charge < -0.3 is 10.1 Å². The predicted octanol–water partition coefficient (Wildman–Crippen LogP) is 0.521. The maximum absolute atomic E-state index is 12.1. The van der Waals surface area contributed by atoms with Crippen LogP contribution in [0.1, 0.15) is 26.2 Å². The van der Waals surface area contributed by atoms with E-state index in [4.69, 9.17) is 4.74 Å². The first-order valence-electron chi connectivity index (χ1n) is 6.84. The van der Waals surface area contributed by atoms with Gasteiger partial charge in [-0.15, -0.1) is 0 Å². The lowest BCUT2D eigenvalue weighted by atomic mass is 10.4. The highest BCUT2D eigenvalue weighted by molar-refractivity contribution is 7.86. The number of ether oxygens (including phenoxy) is 1. The fraction of sp³-hybridized carbons (Fsp3) is 1.00. The lowest BCUT2D eigenvalue weighted by Gasteiger charge is -2.24. The van der Waals surface area contributed by atoms with Crippen molar-refractivity contribution in [3.05, 3.63) is 0 Å². The lowest BCUT2D eigenvalue weighted by molar-refractivity contribution is 0.188. The molecule has 0 fully saturated rings. The summed E-state index contributed by atoms with van der Waals surface area (Å²) in [6.07, 6.45) is 2.62. The third-order valence-electron chi connectivity index (χ3n) is 2.86. The van der Waals surface area contributed by atoms with E-state index in [2.05, 4.69) is 12.2 Å². The average molecular weight is 295 g/mol. The predicted molar refractivity (Wildman–Crippen MR) is 78.5 cm³/mol. The van der Waals surface area contributed by atoms with E-state index in [1.807, 2.05) is 0 Å². The van der Waals surface area contributed by atoms with Gasteiger partial charge in [-0.1, -0.05) is 6.92 Å². The SMILES string of the molecule is CCCNCCCN(C)S(=O)(=O)N(C)CCCOC. The summed E-state index contributed by atoms with van der Waals surface area (Å²) in [4.78, 5) is 0. The molecule has 0 aliphatic carbocycles. The van der Waals surface area contributed by atoms with Gasteiger partial charge in [0.1, 0.15) is 0 Å². The molecule has 0 bridgehead atoms. The standard InChI is InChI=1S/C12H29N3O3S/c1-5-8-13-9-6-10-14(2)19(16,17)15(3)11-7-12-18-4/h13H,5-12H2,1-4H3. The zero-order chi connectivity index (χ0) is 14.7. The van der Waals surface area contributed by atoms with E-state index in [1.54, 1.807) is 21.2 Å². The van der Waals surface area contributed by atoms with Gasteiger partial charge in [0.2, 0.25) is 0 Å². The number of rotatable bonds is 12. The fourth-order valence-electron chi connectivity index (χ4n) is 1.63.